The molecule has 1 aromatic rings. The van der Waals surface area contributed by atoms with Crippen molar-refractivity contribution >= 4 is 23.2 Å². The Balaban J connectivity index is 0.00000256. The monoisotopic (exact) mass is 421 g/mol. The summed E-state index contributed by atoms with van der Waals surface area (Å²) in [4.78, 5) is 38.4. The molecule has 4 rings (SSSR count). The van der Waals surface area contributed by atoms with Crippen LogP contribution in [0.1, 0.15) is 30.9 Å². The number of fused-ring (bicyclic) bond motifs is 3. The van der Waals surface area contributed by atoms with Crippen LogP contribution in [-0.2, 0) is 19.8 Å². The first-order valence-electron chi connectivity index (χ1n) is 9.19. The maximum atomic E-state index is 13.3. The van der Waals surface area contributed by atoms with Crippen LogP contribution in [0.2, 0.25) is 0 Å². The van der Waals surface area contributed by atoms with Gasteiger partial charge < -0.3 is 36.7 Å². The molecule has 6 atom stereocenters. The molecule has 2 saturated carbocycles. The predicted octanol–water partition coefficient (Wildman–Crippen LogP) is -1.78. The second-order valence-electron chi connectivity index (χ2n) is 8.22. The standard InChI is InChI=1S/C20H21NO8.H2O/c1-19(18(21)28)8-3-2-4-10(23)12(8)16(26)13-14(19)15(25)9-5-7(22)6-11(24)20(9,29)17(13)27;/h2-4,7,9,14-15,22-23,25-26,29H,5-6H2,1H3,(H2,21,28);1H2. The van der Waals surface area contributed by atoms with E-state index in [1.165, 1.54) is 25.1 Å². The van der Waals surface area contributed by atoms with Gasteiger partial charge in [0.1, 0.15) is 11.5 Å². The number of carbonyl (C=O) groups is 3. The Bertz CT molecular complexity index is 1000. The minimum absolute atomic E-state index is 0. The molecule has 10 nitrogen and oxygen atoms in total. The summed E-state index contributed by atoms with van der Waals surface area (Å²) in [5, 5.41) is 53.2. The van der Waals surface area contributed by atoms with Crippen LogP contribution in [-0.4, -0.2) is 66.3 Å². The zero-order chi connectivity index (χ0) is 21.5. The lowest BCUT2D eigenvalue weighted by Gasteiger charge is -2.53. The molecule has 0 aromatic heterocycles. The number of aromatic hydroxyl groups is 1. The Morgan fingerprint density at radius 2 is 1.83 bits per heavy atom. The van der Waals surface area contributed by atoms with E-state index in [2.05, 4.69) is 0 Å². The lowest BCUT2D eigenvalue weighted by atomic mass is 9.50. The highest BCUT2D eigenvalue weighted by Crippen LogP contribution is 2.56. The maximum Gasteiger partial charge on any atom is 0.228 e. The van der Waals surface area contributed by atoms with Gasteiger partial charge >= 0.3 is 0 Å². The fourth-order valence-electron chi connectivity index (χ4n) is 5.25. The molecule has 1 amide bonds. The van der Waals surface area contributed by atoms with Crippen molar-refractivity contribution in [1.29, 1.82) is 0 Å². The number of aliphatic hydroxyl groups excluding tert-OH is 3. The molecule has 0 radical (unpaired) electrons. The maximum absolute atomic E-state index is 13.3. The zero-order valence-corrected chi connectivity index (χ0v) is 16.0. The summed E-state index contributed by atoms with van der Waals surface area (Å²) in [5.41, 5.74) is 0.623. The van der Waals surface area contributed by atoms with Gasteiger partial charge in [-0.15, -0.1) is 0 Å². The van der Waals surface area contributed by atoms with Gasteiger partial charge in [-0.2, -0.15) is 0 Å². The SMILES string of the molecule is CC1(C(N)=O)c2cccc(O)c2C(O)=C2C(=O)C3(O)C(=O)CC(O)CC3C(O)C21.O. The summed E-state index contributed by atoms with van der Waals surface area (Å²) in [7, 11) is 0. The van der Waals surface area contributed by atoms with Crippen molar-refractivity contribution in [2.24, 2.45) is 17.6 Å². The number of primary amides is 1. The fourth-order valence-corrected chi connectivity index (χ4v) is 5.25. The van der Waals surface area contributed by atoms with Crippen molar-refractivity contribution in [3.8, 4) is 5.75 Å². The van der Waals surface area contributed by atoms with Gasteiger partial charge in [0.2, 0.25) is 11.7 Å². The van der Waals surface area contributed by atoms with E-state index < -0.39 is 76.0 Å². The Morgan fingerprint density at radius 1 is 1.20 bits per heavy atom. The number of ketones is 2. The number of rotatable bonds is 1. The molecule has 6 unspecified atom stereocenters. The molecule has 0 saturated heterocycles. The largest absolute Gasteiger partial charge is 0.507 e. The van der Waals surface area contributed by atoms with Crippen molar-refractivity contribution in [2.45, 2.75) is 43.0 Å². The van der Waals surface area contributed by atoms with Gasteiger partial charge in [0.15, 0.2) is 11.4 Å². The third-order valence-corrected chi connectivity index (χ3v) is 6.79. The minimum atomic E-state index is -2.65. The third kappa shape index (κ3) is 2.36. The summed E-state index contributed by atoms with van der Waals surface area (Å²) >= 11 is 0. The van der Waals surface area contributed by atoms with E-state index >= 15 is 0 Å². The number of carbonyl (C=O) groups excluding carboxylic acids is 3. The van der Waals surface area contributed by atoms with Crippen molar-refractivity contribution in [1.82, 2.24) is 0 Å². The van der Waals surface area contributed by atoms with Crippen LogP contribution in [0.5, 0.6) is 5.75 Å². The molecular formula is C20H23NO9. The smallest absolute Gasteiger partial charge is 0.228 e. The number of hydrogen-bond donors (Lipinski definition) is 6. The second-order valence-corrected chi connectivity index (χ2v) is 8.22. The first-order valence-corrected chi connectivity index (χ1v) is 9.19. The highest BCUT2D eigenvalue weighted by Gasteiger charge is 2.68. The zero-order valence-electron chi connectivity index (χ0n) is 16.0. The van der Waals surface area contributed by atoms with E-state index in [0.29, 0.717) is 0 Å². The van der Waals surface area contributed by atoms with Crippen molar-refractivity contribution in [3.05, 3.63) is 34.9 Å². The molecular weight excluding hydrogens is 398 g/mol. The molecule has 0 heterocycles. The highest BCUT2D eigenvalue weighted by atomic mass is 16.3. The average molecular weight is 421 g/mol. The van der Waals surface area contributed by atoms with Crippen LogP contribution in [0.3, 0.4) is 0 Å². The first-order chi connectivity index (χ1) is 13.5. The van der Waals surface area contributed by atoms with Gasteiger partial charge in [-0.25, -0.2) is 0 Å². The number of aliphatic hydroxyl groups is 4. The normalized spacial score (nSPS) is 37.6. The lowest BCUT2D eigenvalue weighted by molar-refractivity contribution is -0.181. The molecule has 162 valence electrons. The van der Waals surface area contributed by atoms with Crippen molar-refractivity contribution < 1.29 is 45.4 Å². The van der Waals surface area contributed by atoms with Crippen LogP contribution in [0.4, 0.5) is 0 Å². The van der Waals surface area contributed by atoms with Crippen LogP contribution in [0.15, 0.2) is 23.8 Å². The van der Waals surface area contributed by atoms with Crippen LogP contribution >= 0.6 is 0 Å². The van der Waals surface area contributed by atoms with Crippen LogP contribution < -0.4 is 5.73 Å². The van der Waals surface area contributed by atoms with Crippen molar-refractivity contribution in [3.63, 3.8) is 0 Å². The molecule has 10 heteroatoms. The van der Waals surface area contributed by atoms with Crippen molar-refractivity contribution in [2.75, 3.05) is 0 Å². The van der Waals surface area contributed by atoms with Crippen LogP contribution in [0, 0.1) is 11.8 Å². The summed E-state index contributed by atoms with van der Waals surface area (Å²) in [6, 6.07) is 4.10. The number of Topliss-reactive ketones (excluding diaryl/α,β-unsaturated/α-hetero) is 2. The molecule has 0 bridgehead atoms. The Kier molecular flexibility index (Phi) is 4.83. The molecule has 1 aromatic carbocycles. The quantitative estimate of drug-likeness (QED) is 0.285. The molecule has 3 aliphatic rings. The number of amides is 1. The van der Waals surface area contributed by atoms with Gasteiger partial charge in [-0.05, 0) is 25.0 Å². The Hall–Kier alpha value is -2.79. The number of hydrogen-bond acceptors (Lipinski definition) is 8. The topological polar surface area (TPSA) is 210 Å². The fraction of sp³-hybridized carbons (Fsp3) is 0.450. The Labute approximate surface area is 170 Å². The molecule has 0 spiro atoms. The van der Waals surface area contributed by atoms with Gasteiger partial charge in [-0.3, -0.25) is 14.4 Å². The number of benzene rings is 1. The predicted molar refractivity (Wildman–Crippen MR) is 101 cm³/mol. The minimum Gasteiger partial charge on any atom is -0.507 e. The van der Waals surface area contributed by atoms with Gasteiger partial charge in [0.25, 0.3) is 0 Å². The number of phenolic OH excluding ortho intramolecular Hbond substituents is 1. The lowest BCUT2D eigenvalue weighted by Crippen LogP contribution is -2.69. The number of phenols is 1. The Morgan fingerprint density at radius 3 is 2.43 bits per heavy atom. The summed E-state index contributed by atoms with van der Waals surface area (Å²) in [5.74, 6) is -6.99. The molecule has 2 fully saturated rings. The van der Waals surface area contributed by atoms with Gasteiger partial charge in [0.05, 0.1) is 23.2 Å². The van der Waals surface area contributed by atoms with E-state index in [0.717, 1.165) is 0 Å². The molecule has 0 aliphatic heterocycles. The first kappa shape index (κ1) is 21.9. The number of nitrogens with two attached hydrogens (primary N) is 1. The van der Waals surface area contributed by atoms with E-state index in [4.69, 9.17) is 5.73 Å². The van der Waals surface area contributed by atoms with E-state index in [-0.39, 0.29) is 23.0 Å². The van der Waals surface area contributed by atoms with E-state index in [1.807, 2.05) is 0 Å². The second kappa shape index (κ2) is 6.61. The van der Waals surface area contributed by atoms with E-state index in [9.17, 15) is 39.9 Å². The highest BCUT2D eigenvalue weighted by molar-refractivity contribution is 6.22. The van der Waals surface area contributed by atoms with Crippen LogP contribution in [0.25, 0.3) is 5.76 Å². The van der Waals surface area contributed by atoms with E-state index in [1.54, 1.807) is 0 Å². The summed E-state index contributed by atoms with van der Waals surface area (Å²) in [6.07, 6.45) is -3.56. The molecule has 3 aliphatic carbocycles. The van der Waals surface area contributed by atoms with Gasteiger partial charge in [-0.1, -0.05) is 12.1 Å². The van der Waals surface area contributed by atoms with Gasteiger partial charge in [0, 0.05) is 23.8 Å². The third-order valence-electron chi connectivity index (χ3n) is 6.79. The molecule has 9 N–H and O–H groups in total. The molecule has 30 heavy (non-hydrogen) atoms. The summed E-state index contributed by atoms with van der Waals surface area (Å²) in [6.45, 7) is 1.37. The summed E-state index contributed by atoms with van der Waals surface area (Å²) < 4.78 is 0. The average Bonchev–Trinajstić information content (AvgIpc) is 2.64.